The van der Waals surface area contributed by atoms with Crippen LogP contribution in [0, 0.1) is 0 Å². The molecule has 1 N–H and O–H groups in total. The minimum atomic E-state index is 0.540. The lowest BCUT2D eigenvalue weighted by Gasteiger charge is -2.36. The van der Waals surface area contributed by atoms with Gasteiger partial charge in [-0.1, -0.05) is 0 Å². The second-order valence-electron chi connectivity index (χ2n) is 5.76. The van der Waals surface area contributed by atoms with Gasteiger partial charge in [-0.25, -0.2) is 4.98 Å². The molecule has 1 aliphatic heterocycles. The van der Waals surface area contributed by atoms with E-state index < -0.39 is 0 Å². The number of rotatable bonds is 4. The molecular formula is C15H22BrN9O. The summed E-state index contributed by atoms with van der Waals surface area (Å²) in [5.74, 6) is 2.92. The maximum atomic E-state index is 5.25. The fraction of sp³-hybridized carbons (Fsp3) is 0.533. The largest absolute Gasteiger partial charge is 0.480 e. The normalized spacial score (nSPS) is 15.3. The third-order valence-corrected chi connectivity index (χ3v) is 4.72. The molecule has 0 amide bonds. The van der Waals surface area contributed by atoms with Crippen LogP contribution in [-0.2, 0) is 13.6 Å². The molecule has 3 rings (SSSR count). The van der Waals surface area contributed by atoms with Crippen molar-refractivity contribution in [2.45, 2.75) is 6.54 Å². The van der Waals surface area contributed by atoms with E-state index in [1.54, 1.807) is 26.7 Å². The first-order valence-corrected chi connectivity index (χ1v) is 9.01. The summed E-state index contributed by atoms with van der Waals surface area (Å²) >= 11 is 3.38. The summed E-state index contributed by atoms with van der Waals surface area (Å²) < 4.78 is 7.88. The number of guanidine groups is 1. The summed E-state index contributed by atoms with van der Waals surface area (Å²) in [6.07, 6.45) is 3.40. The maximum absolute atomic E-state index is 5.25. The van der Waals surface area contributed by atoms with Gasteiger partial charge in [0.1, 0.15) is 6.33 Å². The van der Waals surface area contributed by atoms with Crippen molar-refractivity contribution in [2.24, 2.45) is 12.0 Å². The molecule has 0 aliphatic carbocycles. The van der Waals surface area contributed by atoms with Crippen LogP contribution in [0.15, 0.2) is 22.0 Å². The molecule has 0 radical (unpaired) electrons. The Balaban J connectivity index is 1.57. The van der Waals surface area contributed by atoms with Crippen molar-refractivity contribution in [2.75, 3.05) is 45.2 Å². The second kappa shape index (κ2) is 8.30. The molecule has 0 atom stereocenters. The van der Waals surface area contributed by atoms with Gasteiger partial charge in [0.2, 0.25) is 11.8 Å². The number of nitrogens with one attached hydrogen (secondary N) is 1. The van der Waals surface area contributed by atoms with E-state index in [9.17, 15) is 0 Å². The lowest BCUT2D eigenvalue weighted by molar-refractivity contribution is 0.365. The molecular weight excluding hydrogens is 402 g/mol. The van der Waals surface area contributed by atoms with Crippen LogP contribution in [0.25, 0.3) is 0 Å². The van der Waals surface area contributed by atoms with E-state index in [1.165, 1.54) is 0 Å². The number of piperazine rings is 1. The Hall–Kier alpha value is -2.43. The predicted molar refractivity (Wildman–Crippen MR) is 101 cm³/mol. The van der Waals surface area contributed by atoms with Gasteiger partial charge in [-0.3, -0.25) is 4.99 Å². The van der Waals surface area contributed by atoms with Crippen LogP contribution >= 0.6 is 15.9 Å². The predicted octanol–water partition coefficient (Wildman–Crippen LogP) is 0.274. The summed E-state index contributed by atoms with van der Waals surface area (Å²) in [6.45, 7) is 3.82. The molecule has 0 bridgehead atoms. The number of aryl methyl sites for hydroxylation is 1. The van der Waals surface area contributed by atoms with E-state index in [-0.39, 0.29) is 0 Å². The average molecular weight is 424 g/mol. The Morgan fingerprint density at radius 2 is 2.12 bits per heavy atom. The van der Waals surface area contributed by atoms with Crippen LogP contribution in [-0.4, -0.2) is 75.9 Å². The summed E-state index contributed by atoms with van der Waals surface area (Å²) in [4.78, 5) is 17.6. The number of anilines is 1. The Kier molecular flexibility index (Phi) is 5.86. The highest BCUT2D eigenvalue weighted by atomic mass is 79.9. The smallest absolute Gasteiger partial charge is 0.232 e. The third-order valence-electron chi connectivity index (χ3n) is 4.18. The number of aliphatic imine (C=N–C) groups is 1. The Labute approximate surface area is 160 Å². The van der Waals surface area contributed by atoms with E-state index >= 15 is 0 Å². The van der Waals surface area contributed by atoms with Crippen molar-refractivity contribution >= 4 is 27.8 Å². The monoisotopic (exact) mass is 423 g/mol. The van der Waals surface area contributed by atoms with Crippen molar-refractivity contribution in [1.29, 1.82) is 0 Å². The first-order chi connectivity index (χ1) is 12.6. The number of hydrogen-bond acceptors (Lipinski definition) is 7. The van der Waals surface area contributed by atoms with Gasteiger partial charge in [-0.2, -0.15) is 4.98 Å². The van der Waals surface area contributed by atoms with E-state index in [0.29, 0.717) is 18.4 Å². The van der Waals surface area contributed by atoms with Crippen LogP contribution in [0.5, 0.6) is 5.88 Å². The third kappa shape index (κ3) is 4.03. The zero-order valence-corrected chi connectivity index (χ0v) is 16.6. The molecule has 3 heterocycles. The van der Waals surface area contributed by atoms with Crippen molar-refractivity contribution in [3.8, 4) is 5.88 Å². The molecule has 2 aromatic rings. The minimum absolute atomic E-state index is 0.540. The van der Waals surface area contributed by atoms with Gasteiger partial charge in [-0.05, 0) is 15.9 Å². The lowest BCUT2D eigenvalue weighted by Crippen LogP contribution is -2.52. The highest BCUT2D eigenvalue weighted by Gasteiger charge is 2.22. The molecule has 1 fully saturated rings. The molecule has 0 aromatic carbocycles. The average Bonchev–Trinajstić information content (AvgIpc) is 3.08. The molecule has 0 unspecified atom stereocenters. The minimum Gasteiger partial charge on any atom is -0.480 e. The molecule has 140 valence electrons. The zero-order valence-electron chi connectivity index (χ0n) is 15.1. The van der Waals surface area contributed by atoms with E-state index in [0.717, 1.165) is 42.4 Å². The zero-order chi connectivity index (χ0) is 18.5. The Bertz CT molecular complexity index is 770. The molecule has 0 saturated carbocycles. The number of aromatic nitrogens is 5. The Morgan fingerprint density at radius 3 is 2.73 bits per heavy atom. The van der Waals surface area contributed by atoms with Gasteiger partial charge < -0.3 is 24.4 Å². The standard InChI is InChI=1S/C15H22BrN9O/c1-17-14(19-9-12-22-20-10-23(12)2)24-4-6-25(7-5-24)15-18-8-11(16)13(21-15)26-3/h8,10H,4-7,9H2,1-3H3,(H,17,19). The molecule has 11 heteroatoms. The first-order valence-electron chi connectivity index (χ1n) is 8.22. The van der Waals surface area contributed by atoms with Gasteiger partial charge in [0.05, 0.1) is 24.3 Å². The number of nitrogens with zero attached hydrogens (tertiary/aromatic N) is 8. The number of halogens is 1. The number of methoxy groups -OCH3 is 1. The van der Waals surface area contributed by atoms with Crippen molar-refractivity contribution < 1.29 is 4.74 Å². The fourth-order valence-electron chi connectivity index (χ4n) is 2.71. The highest BCUT2D eigenvalue weighted by molar-refractivity contribution is 9.10. The molecule has 1 aliphatic rings. The van der Waals surface area contributed by atoms with Gasteiger partial charge in [0.15, 0.2) is 11.8 Å². The lowest BCUT2D eigenvalue weighted by atomic mass is 10.3. The summed E-state index contributed by atoms with van der Waals surface area (Å²) in [6, 6.07) is 0. The Morgan fingerprint density at radius 1 is 1.35 bits per heavy atom. The van der Waals surface area contributed by atoms with Gasteiger partial charge in [0.25, 0.3) is 0 Å². The second-order valence-corrected chi connectivity index (χ2v) is 6.61. The summed E-state index contributed by atoms with van der Waals surface area (Å²) in [5.41, 5.74) is 0. The number of hydrogen-bond donors (Lipinski definition) is 1. The van der Waals surface area contributed by atoms with Gasteiger partial charge >= 0.3 is 0 Å². The molecule has 10 nitrogen and oxygen atoms in total. The topological polar surface area (TPSA) is 96.6 Å². The van der Waals surface area contributed by atoms with E-state index in [2.05, 4.69) is 56.2 Å². The van der Waals surface area contributed by atoms with Crippen molar-refractivity contribution in [3.05, 3.63) is 22.8 Å². The van der Waals surface area contributed by atoms with Crippen LogP contribution in [0.2, 0.25) is 0 Å². The molecule has 1 saturated heterocycles. The van der Waals surface area contributed by atoms with Crippen LogP contribution in [0.3, 0.4) is 0 Å². The van der Waals surface area contributed by atoms with Crippen LogP contribution in [0.4, 0.5) is 5.95 Å². The SMILES string of the molecule is CN=C(NCc1nncn1C)N1CCN(c2ncc(Br)c(OC)n2)CC1. The molecule has 0 spiro atoms. The van der Waals surface area contributed by atoms with Gasteiger partial charge in [0, 0.05) is 40.3 Å². The quantitative estimate of drug-likeness (QED) is 0.552. The molecule has 2 aromatic heterocycles. The van der Waals surface area contributed by atoms with Crippen LogP contribution < -0.4 is 15.0 Å². The maximum Gasteiger partial charge on any atom is 0.232 e. The van der Waals surface area contributed by atoms with Gasteiger partial charge in [-0.15, -0.1) is 10.2 Å². The summed E-state index contributed by atoms with van der Waals surface area (Å²) in [5, 5.41) is 11.3. The first kappa shape index (κ1) is 18.4. The van der Waals surface area contributed by atoms with Crippen molar-refractivity contribution in [3.63, 3.8) is 0 Å². The highest BCUT2D eigenvalue weighted by Crippen LogP contribution is 2.23. The van der Waals surface area contributed by atoms with E-state index in [1.807, 2.05) is 11.6 Å². The summed E-state index contributed by atoms with van der Waals surface area (Å²) in [7, 11) is 5.31. The van der Waals surface area contributed by atoms with Crippen LogP contribution in [0.1, 0.15) is 5.82 Å². The fourth-order valence-corrected chi connectivity index (χ4v) is 3.07. The van der Waals surface area contributed by atoms with E-state index in [4.69, 9.17) is 4.74 Å². The van der Waals surface area contributed by atoms with Crippen molar-refractivity contribution in [1.82, 2.24) is 34.9 Å². The molecule has 26 heavy (non-hydrogen) atoms. The number of ether oxygens (including phenoxy) is 1.